The van der Waals surface area contributed by atoms with E-state index in [9.17, 15) is 9.90 Å². The average Bonchev–Trinajstić information content (AvgIpc) is 2.91. The van der Waals surface area contributed by atoms with E-state index >= 15 is 0 Å². The van der Waals surface area contributed by atoms with Crippen LogP contribution in [0.15, 0.2) is 84.9 Å². The fourth-order valence-corrected chi connectivity index (χ4v) is 5.39. The number of methoxy groups -OCH3 is 1. The molecule has 4 aromatic carbocycles. The van der Waals surface area contributed by atoms with Gasteiger partial charge in [0.15, 0.2) is 0 Å². The number of ether oxygens (including phenoxy) is 2. The van der Waals surface area contributed by atoms with Crippen LogP contribution >= 0.6 is 12.4 Å². The largest absolute Gasteiger partial charge is 0.496 e. The van der Waals surface area contributed by atoms with Gasteiger partial charge in [0.05, 0.1) is 7.11 Å². The van der Waals surface area contributed by atoms with Crippen molar-refractivity contribution in [1.82, 2.24) is 5.32 Å². The van der Waals surface area contributed by atoms with E-state index in [0.717, 1.165) is 36.3 Å². The predicted octanol–water partition coefficient (Wildman–Crippen LogP) is 6.99. The van der Waals surface area contributed by atoms with Gasteiger partial charge in [0.1, 0.15) is 23.2 Å². The summed E-state index contributed by atoms with van der Waals surface area (Å²) < 4.78 is 12.0. The van der Waals surface area contributed by atoms with Crippen LogP contribution in [0.4, 0.5) is 0 Å². The Hall–Kier alpha value is -3.54. The minimum atomic E-state index is -0.989. The lowest BCUT2D eigenvalue weighted by molar-refractivity contribution is 0.0693. The number of carboxylic acids is 1. The molecule has 0 amide bonds. The van der Waals surface area contributed by atoms with E-state index in [1.165, 1.54) is 23.4 Å². The van der Waals surface area contributed by atoms with Crippen molar-refractivity contribution in [1.29, 1.82) is 0 Å². The Labute approximate surface area is 223 Å². The monoisotopic (exact) mass is 517 g/mol. The summed E-state index contributed by atoms with van der Waals surface area (Å²) in [5.74, 6) is 0.277. The number of para-hydroxylation sites is 2. The fraction of sp³-hybridized carbons (Fsp3) is 0.258. The second kappa shape index (κ2) is 11.7. The predicted molar refractivity (Wildman–Crippen MR) is 150 cm³/mol. The summed E-state index contributed by atoms with van der Waals surface area (Å²) in [6.45, 7) is 3.00. The molecule has 0 aromatic heterocycles. The topological polar surface area (TPSA) is 67.8 Å². The molecule has 4 aromatic rings. The summed E-state index contributed by atoms with van der Waals surface area (Å²) in [6.07, 6.45) is 1.58. The summed E-state index contributed by atoms with van der Waals surface area (Å²) in [4.78, 5) is 11.8. The van der Waals surface area contributed by atoms with E-state index < -0.39 is 5.97 Å². The molecule has 0 unspecified atom stereocenters. The molecule has 0 radical (unpaired) electrons. The third kappa shape index (κ3) is 5.43. The molecular formula is C31H32ClNO4. The molecule has 1 heterocycles. The maximum atomic E-state index is 11.8. The molecule has 5 nitrogen and oxygen atoms in total. The molecule has 5 rings (SSSR count). The molecule has 3 atom stereocenters. The summed E-state index contributed by atoms with van der Waals surface area (Å²) in [5, 5.41) is 15.9. The summed E-state index contributed by atoms with van der Waals surface area (Å²) in [6, 6.07) is 28.5. The van der Waals surface area contributed by atoms with Crippen molar-refractivity contribution in [2.24, 2.45) is 0 Å². The van der Waals surface area contributed by atoms with Gasteiger partial charge in [-0.25, -0.2) is 4.79 Å². The third-order valence-corrected chi connectivity index (χ3v) is 7.15. The van der Waals surface area contributed by atoms with Gasteiger partial charge in [0.25, 0.3) is 0 Å². The van der Waals surface area contributed by atoms with Crippen molar-refractivity contribution < 1.29 is 19.4 Å². The van der Waals surface area contributed by atoms with E-state index in [2.05, 4.69) is 60.8 Å². The van der Waals surface area contributed by atoms with Crippen molar-refractivity contribution in [2.75, 3.05) is 13.7 Å². The minimum absolute atomic E-state index is 0. The van der Waals surface area contributed by atoms with Crippen LogP contribution in [0.2, 0.25) is 0 Å². The Morgan fingerprint density at radius 1 is 1.00 bits per heavy atom. The summed E-state index contributed by atoms with van der Waals surface area (Å²) in [5.41, 5.74) is 3.42. The molecule has 1 aliphatic rings. The SMILES string of the molecule is COc1c(C(=O)O)cccc1[C@@H]1C[C@H](CCN[C@H](C)c2cccc3ccccc23)Oc2ccccc21.Cl. The van der Waals surface area contributed by atoms with Gasteiger partial charge in [-0.05, 0) is 54.8 Å². The van der Waals surface area contributed by atoms with E-state index in [-0.39, 0.29) is 36.0 Å². The van der Waals surface area contributed by atoms with Gasteiger partial charge in [-0.1, -0.05) is 72.8 Å². The smallest absolute Gasteiger partial charge is 0.339 e. The Morgan fingerprint density at radius 2 is 1.70 bits per heavy atom. The number of carbonyl (C=O) groups is 1. The Morgan fingerprint density at radius 3 is 2.51 bits per heavy atom. The molecule has 0 spiro atoms. The second-order valence-electron chi connectivity index (χ2n) is 9.33. The molecule has 0 saturated heterocycles. The van der Waals surface area contributed by atoms with Crippen LogP contribution < -0.4 is 14.8 Å². The highest BCUT2D eigenvalue weighted by atomic mass is 35.5. The zero-order valence-corrected chi connectivity index (χ0v) is 21.8. The first-order chi connectivity index (χ1) is 17.6. The van der Waals surface area contributed by atoms with Crippen LogP contribution in [0.25, 0.3) is 10.8 Å². The highest BCUT2D eigenvalue weighted by molar-refractivity contribution is 5.91. The first-order valence-electron chi connectivity index (χ1n) is 12.4. The van der Waals surface area contributed by atoms with Crippen molar-refractivity contribution in [3.8, 4) is 11.5 Å². The van der Waals surface area contributed by atoms with E-state index in [0.29, 0.717) is 5.75 Å². The molecule has 2 N–H and O–H groups in total. The summed E-state index contributed by atoms with van der Waals surface area (Å²) >= 11 is 0. The number of halogens is 1. The van der Waals surface area contributed by atoms with Crippen molar-refractivity contribution in [3.63, 3.8) is 0 Å². The number of aromatic carboxylic acids is 1. The van der Waals surface area contributed by atoms with Crippen molar-refractivity contribution in [2.45, 2.75) is 37.8 Å². The van der Waals surface area contributed by atoms with E-state index in [4.69, 9.17) is 9.47 Å². The van der Waals surface area contributed by atoms with Crippen molar-refractivity contribution in [3.05, 3.63) is 107 Å². The lowest BCUT2D eigenvalue weighted by atomic mass is 9.82. The second-order valence-corrected chi connectivity index (χ2v) is 9.33. The van der Waals surface area contributed by atoms with Crippen LogP contribution in [-0.4, -0.2) is 30.8 Å². The lowest BCUT2D eigenvalue weighted by Crippen LogP contribution is -2.31. The van der Waals surface area contributed by atoms with Crippen molar-refractivity contribution >= 4 is 29.1 Å². The standard InChI is InChI=1S/C31H31NO4.ClH/c1-20(23-13-7-10-21-9-3-4-11-24(21)23)32-18-17-22-19-28(25-12-5-6-16-29(25)36-22)26-14-8-15-27(31(33)34)30(26)35-2;/h3-16,20,22,28,32H,17-19H2,1-2H3,(H,33,34);1H/t20-,22+,28-;/m1./s1. The Balaban J connectivity index is 0.00000320. The number of benzene rings is 4. The maximum absolute atomic E-state index is 11.8. The normalized spacial score (nSPS) is 17.2. The third-order valence-electron chi connectivity index (χ3n) is 7.15. The number of carboxylic acid groups (broad SMARTS) is 1. The highest BCUT2D eigenvalue weighted by Crippen LogP contribution is 2.44. The Kier molecular flexibility index (Phi) is 8.37. The fourth-order valence-electron chi connectivity index (χ4n) is 5.39. The van der Waals surface area contributed by atoms with E-state index in [1.54, 1.807) is 12.1 Å². The molecule has 6 heteroatoms. The molecule has 0 bridgehead atoms. The highest BCUT2D eigenvalue weighted by Gasteiger charge is 2.32. The molecule has 192 valence electrons. The maximum Gasteiger partial charge on any atom is 0.339 e. The molecule has 0 fully saturated rings. The lowest BCUT2D eigenvalue weighted by Gasteiger charge is -2.33. The number of nitrogens with one attached hydrogen (secondary N) is 1. The van der Waals surface area contributed by atoms with Gasteiger partial charge in [-0.15, -0.1) is 12.4 Å². The molecule has 0 saturated carbocycles. The summed E-state index contributed by atoms with van der Waals surface area (Å²) in [7, 11) is 1.53. The van der Waals surface area contributed by atoms with Crippen LogP contribution in [0.5, 0.6) is 11.5 Å². The van der Waals surface area contributed by atoms with Gasteiger partial charge in [-0.3, -0.25) is 0 Å². The van der Waals surface area contributed by atoms with Gasteiger partial charge >= 0.3 is 5.97 Å². The Bertz CT molecular complexity index is 1380. The molecule has 0 aliphatic carbocycles. The molecule has 37 heavy (non-hydrogen) atoms. The van der Waals surface area contributed by atoms with E-state index in [1.807, 2.05) is 24.3 Å². The van der Waals surface area contributed by atoms with Crippen LogP contribution in [0.3, 0.4) is 0 Å². The number of hydrogen-bond donors (Lipinski definition) is 2. The van der Waals surface area contributed by atoms with Crippen LogP contribution in [0, 0.1) is 0 Å². The first-order valence-corrected chi connectivity index (χ1v) is 12.4. The zero-order valence-electron chi connectivity index (χ0n) is 21.0. The number of fused-ring (bicyclic) bond motifs is 2. The zero-order chi connectivity index (χ0) is 25.1. The van der Waals surface area contributed by atoms with Gasteiger partial charge in [-0.2, -0.15) is 0 Å². The number of rotatable bonds is 8. The molecular weight excluding hydrogens is 486 g/mol. The van der Waals surface area contributed by atoms with Crippen LogP contribution in [0.1, 0.15) is 58.8 Å². The minimum Gasteiger partial charge on any atom is -0.496 e. The van der Waals surface area contributed by atoms with Gasteiger partial charge in [0, 0.05) is 23.1 Å². The quantitative estimate of drug-likeness (QED) is 0.263. The number of hydrogen-bond acceptors (Lipinski definition) is 4. The molecule has 1 aliphatic heterocycles. The van der Waals surface area contributed by atoms with Gasteiger partial charge in [0.2, 0.25) is 0 Å². The average molecular weight is 518 g/mol. The van der Waals surface area contributed by atoms with Crippen LogP contribution in [-0.2, 0) is 0 Å². The first kappa shape index (κ1) is 26.5. The van der Waals surface area contributed by atoms with Gasteiger partial charge < -0.3 is 19.9 Å².